The van der Waals surface area contributed by atoms with E-state index in [0.29, 0.717) is 5.78 Å². The molecule has 0 radical (unpaired) electrons. The van der Waals surface area contributed by atoms with E-state index in [1.165, 1.54) is 0 Å². The van der Waals surface area contributed by atoms with Crippen LogP contribution >= 0.6 is 0 Å². The molecule has 0 bridgehead atoms. The van der Waals surface area contributed by atoms with Crippen LogP contribution in [0.3, 0.4) is 0 Å². The molecule has 0 amide bonds. The Morgan fingerprint density at radius 3 is 2.00 bits per heavy atom. The van der Waals surface area contributed by atoms with Crippen LogP contribution in [0.15, 0.2) is 0 Å². The molecule has 0 saturated heterocycles. The average molecular weight is 170 g/mol. The van der Waals surface area contributed by atoms with Crippen molar-refractivity contribution >= 4 is 5.78 Å². The summed E-state index contributed by atoms with van der Waals surface area (Å²) in [7, 11) is 0. The maximum Gasteiger partial charge on any atom is 0.132 e. The molecule has 1 rings (SSSR count). The molecule has 0 aromatic heterocycles. The van der Waals surface area contributed by atoms with Gasteiger partial charge < -0.3 is 5.11 Å². The molecule has 2 nitrogen and oxygen atoms in total. The first-order valence-corrected chi connectivity index (χ1v) is 4.99. The van der Waals surface area contributed by atoms with Crippen LogP contribution in [0.25, 0.3) is 0 Å². The van der Waals surface area contributed by atoms with Crippen LogP contribution in [0.5, 0.6) is 0 Å². The molecule has 0 unspecified atom stereocenters. The molecule has 1 aliphatic rings. The summed E-state index contributed by atoms with van der Waals surface area (Å²) in [4.78, 5) is 11.1. The number of carbonyl (C=O) groups is 1. The Kier molecular flexibility index (Phi) is 4.30. The first-order chi connectivity index (χ1) is 5.79. The number of carbonyl (C=O) groups excluding carboxylic acids is 1. The monoisotopic (exact) mass is 170 g/mol. The Balaban J connectivity index is 2.25. The molecule has 0 spiro atoms. The number of aliphatic hydroxyl groups is 1. The molecule has 1 saturated carbocycles. The van der Waals surface area contributed by atoms with Crippen molar-refractivity contribution in [2.45, 2.75) is 57.5 Å². The van der Waals surface area contributed by atoms with Crippen LogP contribution in [0, 0.1) is 0 Å². The first kappa shape index (κ1) is 9.72. The Morgan fingerprint density at radius 1 is 1.00 bits per heavy atom. The van der Waals surface area contributed by atoms with Crippen molar-refractivity contribution in [3.63, 3.8) is 0 Å². The lowest BCUT2D eigenvalue weighted by atomic mass is 9.99. The molecule has 0 aromatic rings. The number of hydrogen-bond acceptors (Lipinski definition) is 2. The lowest BCUT2D eigenvalue weighted by molar-refractivity contribution is -0.119. The van der Waals surface area contributed by atoms with E-state index in [-0.39, 0.29) is 6.10 Å². The number of rotatable bonds is 0. The molecule has 2 heteroatoms. The van der Waals surface area contributed by atoms with Gasteiger partial charge in [-0.05, 0) is 25.7 Å². The molecular formula is C10H18O2. The van der Waals surface area contributed by atoms with Crippen LogP contribution in [-0.2, 0) is 4.79 Å². The lowest BCUT2D eigenvalue weighted by Gasteiger charge is -2.11. The molecule has 0 heterocycles. The van der Waals surface area contributed by atoms with Crippen molar-refractivity contribution in [2.75, 3.05) is 0 Å². The van der Waals surface area contributed by atoms with Crippen molar-refractivity contribution in [3.05, 3.63) is 0 Å². The van der Waals surface area contributed by atoms with Gasteiger partial charge >= 0.3 is 0 Å². The van der Waals surface area contributed by atoms with Crippen LogP contribution < -0.4 is 0 Å². The zero-order valence-corrected chi connectivity index (χ0v) is 7.59. The molecule has 70 valence electrons. The third-order valence-electron chi connectivity index (χ3n) is 2.49. The van der Waals surface area contributed by atoms with E-state index in [0.717, 1.165) is 51.4 Å². The smallest absolute Gasteiger partial charge is 0.132 e. The minimum absolute atomic E-state index is 0.113. The van der Waals surface area contributed by atoms with E-state index >= 15 is 0 Å². The summed E-state index contributed by atoms with van der Waals surface area (Å²) in [5.41, 5.74) is 0. The lowest BCUT2D eigenvalue weighted by Crippen LogP contribution is -2.09. The molecular weight excluding hydrogens is 152 g/mol. The number of hydrogen-bond donors (Lipinski definition) is 1. The summed E-state index contributed by atoms with van der Waals surface area (Å²) in [6, 6.07) is 0. The van der Waals surface area contributed by atoms with Crippen molar-refractivity contribution < 1.29 is 9.90 Å². The molecule has 1 fully saturated rings. The summed E-state index contributed by atoms with van der Waals surface area (Å²) < 4.78 is 0. The van der Waals surface area contributed by atoms with Gasteiger partial charge in [0.05, 0.1) is 6.10 Å². The van der Waals surface area contributed by atoms with Crippen LogP contribution in [-0.4, -0.2) is 17.0 Å². The van der Waals surface area contributed by atoms with Gasteiger partial charge in [0.1, 0.15) is 5.78 Å². The van der Waals surface area contributed by atoms with Crippen molar-refractivity contribution in [1.29, 1.82) is 0 Å². The molecule has 0 atom stereocenters. The van der Waals surface area contributed by atoms with Crippen LogP contribution in [0.2, 0.25) is 0 Å². The van der Waals surface area contributed by atoms with Crippen LogP contribution in [0.1, 0.15) is 51.4 Å². The van der Waals surface area contributed by atoms with E-state index in [1.54, 1.807) is 0 Å². The molecule has 0 aliphatic heterocycles. The molecule has 0 aromatic carbocycles. The van der Waals surface area contributed by atoms with E-state index in [4.69, 9.17) is 0 Å². The second kappa shape index (κ2) is 5.31. The standard InChI is InChI=1S/C10H18O2/c11-9-5-1-2-6-10(12)8-4-3-7-9/h9,11H,1-8H2. The minimum atomic E-state index is -0.113. The minimum Gasteiger partial charge on any atom is -0.393 e. The maximum absolute atomic E-state index is 11.1. The number of Topliss-reactive ketones (excluding diaryl/α,β-unsaturated/α-hetero) is 1. The fraction of sp³-hybridized carbons (Fsp3) is 0.900. The number of ketones is 1. The number of aliphatic hydroxyl groups excluding tert-OH is 1. The van der Waals surface area contributed by atoms with E-state index < -0.39 is 0 Å². The highest BCUT2D eigenvalue weighted by molar-refractivity contribution is 5.78. The highest BCUT2D eigenvalue weighted by Crippen LogP contribution is 2.14. The highest BCUT2D eigenvalue weighted by Gasteiger charge is 2.08. The van der Waals surface area contributed by atoms with Gasteiger partial charge in [-0.1, -0.05) is 12.8 Å². The van der Waals surface area contributed by atoms with Gasteiger partial charge in [0.15, 0.2) is 0 Å². The molecule has 1 aliphatic carbocycles. The summed E-state index contributed by atoms with van der Waals surface area (Å²) in [5, 5.41) is 9.41. The predicted octanol–water partition coefficient (Wildman–Crippen LogP) is 2.05. The zero-order chi connectivity index (χ0) is 8.81. The van der Waals surface area contributed by atoms with Crippen molar-refractivity contribution in [1.82, 2.24) is 0 Å². The van der Waals surface area contributed by atoms with Gasteiger partial charge in [-0.15, -0.1) is 0 Å². The fourth-order valence-corrected chi connectivity index (χ4v) is 1.67. The van der Waals surface area contributed by atoms with Gasteiger partial charge in [0, 0.05) is 12.8 Å². The SMILES string of the molecule is O=C1CCCCC(O)CCCC1. The van der Waals surface area contributed by atoms with Gasteiger partial charge in [0.25, 0.3) is 0 Å². The Bertz CT molecular complexity index is 129. The molecule has 12 heavy (non-hydrogen) atoms. The van der Waals surface area contributed by atoms with E-state index in [9.17, 15) is 9.90 Å². The van der Waals surface area contributed by atoms with E-state index in [2.05, 4.69) is 0 Å². The van der Waals surface area contributed by atoms with Gasteiger partial charge in [-0.3, -0.25) is 4.79 Å². The van der Waals surface area contributed by atoms with Gasteiger partial charge in [-0.2, -0.15) is 0 Å². The van der Waals surface area contributed by atoms with Crippen molar-refractivity contribution in [2.24, 2.45) is 0 Å². The second-order valence-corrected chi connectivity index (χ2v) is 3.68. The maximum atomic E-state index is 11.1. The van der Waals surface area contributed by atoms with Crippen molar-refractivity contribution in [3.8, 4) is 0 Å². The normalized spacial score (nSPS) is 23.9. The topological polar surface area (TPSA) is 37.3 Å². The third kappa shape index (κ3) is 3.86. The Morgan fingerprint density at radius 2 is 1.50 bits per heavy atom. The Labute approximate surface area is 74.0 Å². The zero-order valence-electron chi connectivity index (χ0n) is 7.59. The summed E-state index contributed by atoms with van der Waals surface area (Å²) in [6.07, 6.45) is 7.06. The van der Waals surface area contributed by atoms with E-state index in [1.807, 2.05) is 0 Å². The van der Waals surface area contributed by atoms with Gasteiger partial charge in [0.2, 0.25) is 0 Å². The average Bonchev–Trinajstić information content (AvgIpc) is 2.06. The second-order valence-electron chi connectivity index (χ2n) is 3.68. The highest BCUT2D eigenvalue weighted by atomic mass is 16.3. The fourth-order valence-electron chi connectivity index (χ4n) is 1.67. The van der Waals surface area contributed by atoms with Gasteiger partial charge in [-0.25, -0.2) is 0 Å². The van der Waals surface area contributed by atoms with Crippen LogP contribution in [0.4, 0.5) is 0 Å². The first-order valence-electron chi connectivity index (χ1n) is 4.99. The predicted molar refractivity (Wildman–Crippen MR) is 47.9 cm³/mol. The summed E-state index contributed by atoms with van der Waals surface area (Å²) >= 11 is 0. The third-order valence-corrected chi connectivity index (χ3v) is 2.49. The summed E-state index contributed by atoms with van der Waals surface area (Å²) in [5.74, 6) is 0.409. The summed E-state index contributed by atoms with van der Waals surface area (Å²) in [6.45, 7) is 0. The quantitative estimate of drug-likeness (QED) is 0.604. The Hall–Kier alpha value is -0.370. The molecule has 1 N–H and O–H groups in total. The largest absolute Gasteiger partial charge is 0.393 e.